The molecule has 0 bridgehead atoms. The van der Waals surface area contributed by atoms with Crippen molar-refractivity contribution in [3.63, 3.8) is 0 Å². The molecule has 2 aromatic heterocycles. The maximum absolute atomic E-state index is 12.0. The zero-order valence-corrected chi connectivity index (χ0v) is 12.6. The van der Waals surface area contributed by atoms with Gasteiger partial charge in [0.05, 0.1) is 5.56 Å². The number of carbonyl (C=O) groups excluding carboxylic acids is 1. The Bertz CT molecular complexity index is 563. The second-order valence-corrected chi connectivity index (χ2v) is 5.75. The van der Waals surface area contributed by atoms with Gasteiger partial charge in [-0.2, -0.15) is 5.10 Å². The van der Waals surface area contributed by atoms with Gasteiger partial charge < -0.3 is 9.73 Å². The van der Waals surface area contributed by atoms with Gasteiger partial charge in [0.15, 0.2) is 5.16 Å². The van der Waals surface area contributed by atoms with E-state index in [0.717, 1.165) is 16.7 Å². The summed E-state index contributed by atoms with van der Waals surface area (Å²) in [6.07, 6.45) is 1.46. The maximum atomic E-state index is 12.0. The topological polar surface area (TPSA) is 83.8 Å². The van der Waals surface area contributed by atoms with Crippen molar-refractivity contribution in [2.75, 3.05) is 12.3 Å². The van der Waals surface area contributed by atoms with Crippen LogP contribution in [0.25, 0.3) is 0 Å². The summed E-state index contributed by atoms with van der Waals surface area (Å²) in [6.45, 7) is 6.44. The van der Waals surface area contributed by atoms with Crippen molar-refractivity contribution in [2.45, 2.75) is 31.8 Å². The number of aryl methyl sites for hydroxylation is 1. The third kappa shape index (κ3) is 3.63. The first-order valence-electron chi connectivity index (χ1n) is 6.44. The average Bonchev–Trinajstić information content (AvgIpc) is 3.03. The molecule has 0 unspecified atom stereocenters. The van der Waals surface area contributed by atoms with Crippen LogP contribution in [0.3, 0.4) is 0 Å². The molecule has 2 heterocycles. The fourth-order valence-electron chi connectivity index (χ4n) is 1.69. The number of nitrogens with zero attached hydrogens (tertiary/aromatic N) is 2. The molecule has 0 aliphatic carbocycles. The van der Waals surface area contributed by atoms with Crippen LogP contribution < -0.4 is 5.32 Å². The Morgan fingerprint density at radius 2 is 2.35 bits per heavy atom. The highest BCUT2D eigenvalue weighted by molar-refractivity contribution is 7.99. The van der Waals surface area contributed by atoms with Crippen LogP contribution in [0.1, 0.15) is 41.6 Å². The molecular formula is C13H18N4O2S. The van der Waals surface area contributed by atoms with Gasteiger partial charge in [-0.05, 0) is 13.0 Å². The van der Waals surface area contributed by atoms with Crippen LogP contribution in [0.4, 0.5) is 0 Å². The van der Waals surface area contributed by atoms with Gasteiger partial charge in [-0.25, -0.2) is 4.98 Å². The van der Waals surface area contributed by atoms with Gasteiger partial charge in [-0.1, -0.05) is 25.6 Å². The van der Waals surface area contributed by atoms with E-state index in [1.165, 1.54) is 18.1 Å². The highest BCUT2D eigenvalue weighted by atomic mass is 32.2. The molecule has 0 spiro atoms. The number of aromatic amines is 1. The maximum Gasteiger partial charge on any atom is 0.254 e. The number of amides is 1. The van der Waals surface area contributed by atoms with Gasteiger partial charge >= 0.3 is 0 Å². The molecule has 0 fully saturated rings. The Balaban J connectivity index is 1.82. The van der Waals surface area contributed by atoms with Crippen molar-refractivity contribution in [1.29, 1.82) is 0 Å². The molecule has 0 radical (unpaired) electrons. The summed E-state index contributed by atoms with van der Waals surface area (Å²) in [5, 5.41) is 10.1. The molecule has 7 heteroatoms. The van der Waals surface area contributed by atoms with E-state index < -0.39 is 0 Å². The summed E-state index contributed by atoms with van der Waals surface area (Å²) in [6, 6.07) is 1.82. The molecule has 0 aromatic carbocycles. The molecule has 0 aliphatic heterocycles. The number of carbonyl (C=O) groups is 1. The molecule has 1 amide bonds. The van der Waals surface area contributed by atoms with E-state index in [-0.39, 0.29) is 11.8 Å². The van der Waals surface area contributed by atoms with E-state index in [0.29, 0.717) is 17.9 Å². The smallest absolute Gasteiger partial charge is 0.254 e. The van der Waals surface area contributed by atoms with Gasteiger partial charge in [-0.15, -0.1) is 0 Å². The van der Waals surface area contributed by atoms with E-state index in [4.69, 9.17) is 4.42 Å². The monoisotopic (exact) mass is 294 g/mol. The van der Waals surface area contributed by atoms with E-state index in [2.05, 4.69) is 20.5 Å². The minimum Gasteiger partial charge on any atom is -0.465 e. The molecule has 2 aromatic rings. The molecule has 2 N–H and O–H groups in total. The summed E-state index contributed by atoms with van der Waals surface area (Å²) in [7, 11) is 0. The van der Waals surface area contributed by atoms with Crippen LogP contribution in [-0.4, -0.2) is 33.4 Å². The lowest BCUT2D eigenvalue weighted by molar-refractivity contribution is 0.0954. The SMILES string of the molecule is Cc1oc(C(C)C)cc1C(=O)NCCSc1ncn[nH]1. The van der Waals surface area contributed by atoms with E-state index in [1.807, 2.05) is 26.8 Å². The van der Waals surface area contributed by atoms with Crippen LogP contribution in [0.2, 0.25) is 0 Å². The Morgan fingerprint density at radius 1 is 1.55 bits per heavy atom. The predicted octanol–water partition coefficient (Wildman–Crippen LogP) is 2.35. The third-order valence-electron chi connectivity index (χ3n) is 2.77. The molecule has 0 atom stereocenters. The summed E-state index contributed by atoms with van der Waals surface area (Å²) >= 11 is 1.51. The number of nitrogens with one attached hydrogen (secondary N) is 2. The Labute approximate surface area is 121 Å². The van der Waals surface area contributed by atoms with Crippen molar-refractivity contribution in [1.82, 2.24) is 20.5 Å². The zero-order chi connectivity index (χ0) is 14.5. The zero-order valence-electron chi connectivity index (χ0n) is 11.8. The lowest BCUT2D eigenvalue weighted by Crippen LogP contribution is -2.25. The number of rotatable bonds is 6. The van der Waals surface area contributed by atoms with Crippen molar-refractivity contribution < 1.29 is 9.21 Å². The summed E-state index contributed by atoms with van der Waals surface area (Å²) in [4.78, 5) is 16.0. The number of hydrogen-bond acceptors (Lipinski definition) is 5. The second kappa shape index (κ2) is 6.60. The molecular weight excluding hydrogens is 276 g/mol. The summed E-state index contributed by atoms with van der Waals surface area (Å²) in [5.41, 5.74) is 0.610. The number of furan rings is 1. The summed E-state index contributed by atoms with van der Waals surface area (Å²) < 4.78 is 5.57. The number of hydrogen-bond donors (Lipinski definition) is 2. The fourth-order valence-corrected chi connectivity index (χ4v) is 2.32. The predicted molar refractivity (Wildman–Crippen MR) is 77.0 cm³/mol. The molecule has 2 rings (SSSR count). The molecule has 108 valence electrons. The van der Waals surface area contributed by atoms with Crippen molar-refractivity contribution in [3.05, 3.63) is 29.5 Å². The first-order valence-corrected chi connectivity index (χ1v) is 7.43. The standard InChI is InChI=1S/C13H18N4O2S/c1-8(2)11-6-10(9(3)19-11)12(18)14-4-5-20-13-15-7-16-17-13/h6-8H,4-5H2,1-3H3,(H,14,18)(H,15,16,17). The first-order chi connectivity index (χ1) is 9.58. The van der Waals surface area contributed by atoms with Crippen molar-refractivity contribution >= 4 is 17.7 Å². The lowest BCUT2D eigenvalue weighted by atomic mass is 10.1. The van der Waals surface area contributed by atoms with E-state index >= 15 is 0 Å². The molecule has 0 aliphatic rings. The molecule has 20 heavy (non-hydrogen) atoms. The van der Waals surface area contributed by atoms with E-state index in [1.54, 1.807) is 0 Å². The molecule has 0 saturated heterocycles. The normalized spacial score (nSPS) is 11.0. The molecule has 6 nitrogen and oxygen atoms in total. The Morgan fingerprint density at radius 3 is 2.95 bits per heavy atom. The third-order valence-corrected chi connectivity index (χ3v) is 3.65. The average molecular weight is 294 g/mol. The molecule has 0 saturated carbocycles. The minimum absolute atomic E-state index is 0.101. The van der Waals surface area contributed by atoms with Gasteiger partial charge in [0.1, 0.15) is 17.8 Å². The van der Waals surface area contributed by atoms with Gasteiger partial charge in [0, 0.05) is 18.2 Å². The van der Waals surface area contributed by atoms with Crippen LogP contribution in [0.5, 0.6) is 0 Å². The Hall–Kier alpha value is -1.76. The van der Waals surface area contributed by atoms with Gasteiger partial charge in [0.25, 0.3) is 5.91 Å². The van der Waals surface area contributed by atoms with Crippen LogP contribution in [0.15, 0.2) is 22.0 Å². The fraction of sp³-hybridized carbons (Fsp3) is 0.462. The quantitative estimate of drug-likeness (QED) is 0.631. The highest BCUT2D eigenvalue weighted by Crippen LogP contribution is 2.21. The number of H-pyrrole nitrogens is 1. The number of thioether (sulfide) groups is 1. The Kier molecular flexibility index (Phi) is 4.84. The first kappa shape index (κ1) is 14.6. The van der Waals surface area contributed by atoms with Crippen molar-refractivity contribution in [3.8, 4) is 0 Å². The summed E-state index contributed by atoms with van der Waals surface area (Å²) in [5.74, 6) is 2.40. The van der Waals surface area contributed by atoms with E-state index in [9.17, 15) is 4.79 Å². The lowest BCUT2D eigenvalue weighted by Gasteiger charge is -2.02. The largest absolute Gasteiger partial charge is 0.465 e. The van der Waals surface area contributed by atoms with Crippen molar-refractivity contribution in [2.24, 2.45) is 0 Å². The van der Waals surface area contributed by atoms with Crippen LogP contribution >= 0.6 is 11.8 Å². The second-order valence-electron chi connectivity index (χ2n) is 4.67. The highest BCUT2D eigenvalue weighted by Gasteiger charge is 2.16. The minimum atomic E-state index is -0.101. The van der Waals surface area contributed by atoms with Crippen LogP contribution in [-0.2, 0) is 0 Å². The van der Waals surface area contributed by atoms with Gasteiger partial charge in [0.2, 0.25) is 0 Å². The number of aromatic nitrogens is 3. The van der Waals surface area contributed by atoms with Crippen LogP contribution in [0, 0.1) is 6.92 Å². The van der Waals surface area contributed by atoms with Gasteiger partial charge in [-0.3, -0.25) is 9.89 Å².